The zero-order valence-electron chi connectivity index (χ0n) is 6.84. The average molecular weight is 452 g/mol. The van der Waals surface area contributed by atoms with Gasteiger partial charge in [-0.25, -0.2) is 0 Å². The van der Waals surface area contributed by atoms with Gasteiger partial charge in [-0.05, 0) is 57.3 Å². The predicted molar refractivity (Wildman–Crippen MR) is 68.8 cm³/mol. The molecule has 0 aliphatic carbocycles. The summed E-state index contributed by atoms with van der Waals surface area (Å²) in [6.45, 7) is 0. The molecule has 0 saturated heterocycles. The normalized spacial score (nSPS) is 9.86. The Morgan fingerprint density at radius 3 is 2.64 bits per heavy atom. The maximum atomic E-state index is 9.71. The van der Waals surface area contributed by atoms with Crippen LogP contribution in [0.15, 0.2) is 24.4 Å². The second-order valence-corrected chi connectivity index (χ2v) is 4.91. The molecule has 0 spiro atoms. The van der Waals surface area contributed by atoms with Crippen LogP contribution in [-0.2, 0) is 17.1 Å². The molecule has 73 valence electrons. The first-order valence-corrected chi connectivity index (χ1v) is 5.77. The molecular weight excluding hydrogens is 447 g/mol. The third kappa shape index (κ3) is 2.15. The molecule has 2 aromatic rings. The van der Waals surface area contributed by atoms with E-state index in [-0.39, 0.29) is 22.8 Å². The summed E-state index contributed by atoms with van der Waals surface area (Å²) >= 11 is 4.35. The van der Waals surface area contributed by atoms with Crippen LogP contribution in [-0.4, -0.2) is 10.1 Å². The molecule has 2 nitrogen and oxygen atoms in total. The fourth-order valence-corrected chi connectivity index (χ4v) is 3.07. The molecule has 0 aliphatic heterocycles. The van der Waals surface area contributed by atoms with E-state index in [4.69, 9.17) is 0 Å². The summed E-state index contributed by atoms with van der Waals surface area (Å²) in [6.07, 6.45) is 1.69. The summed E-state index contributed by atoms with van der Waals surface area (Å²) in [5, 5.41) is 10.7. The minimum atomic E-state index is 0. The molecule has 1 aromatic heterocycles. The van der Waals surface area contributed by atoms with E-state index in [1.54, 1.807) is 6.20 Å². The largest absolute Gasteiger partial charge is 0.505 e. The first-order chi connectivity index (χ1) is 6.20. The van der Waals surface area contributed by atoms with Crippen LogP contribution in [0.5, 0.6) is 5.75 Å². The van der Waals surface area contributed by atoms with E-state index in [1.165, 1.54) is 0 Å². The molecule has 0 saturated carbocycles. The summed E-state index contributed by atoms with van der Waals surface area (Å²) in [4.78, 5) is 4.14. The number of fused-ring (bicyclic) bond motifs is 1. The van der Waals surface area contributed by atoms with Crippen molar-refractivity contribution in [3.8, 4) is 5.75 Å². The Bertz CT molecular complexity index is 476. The Labute approximate surface area is 119 Å². The third-order valence-corrected chi connectivity index (χ3v) is 3.48. The number of phenolic OH excluding ortho intramolecular Hbond substituents is 1. The number of aromatic hydroxyl groups is 1. The van der Waals surface area contributed by atoms with Crippen molar-refractivity contribution in [2.75, 3.05) is 0 Å². The van der Waals surface area contributed by atoms with Crippen molar-refractivity contribution in [2.24, 2.45) is 0 Å². The van der Waals surface area contributed by atoms with Gasteiger partial charge in [0.05, 0.1) is 3.57 Å². The Morgan fingerprint density at radius 2 is 1.93 bits per heavy atom. The minimum absolute atomic E-state index is 0. The van der Waals surface area contributed by atoms with Gasteiger partial charge in [0.15, 0.2) is 5.75 Å². The van der Waals surface area contributed by atoms with Crippen molar-refractivity contribution in [3.05, 3.63) is 31.5 Å². The molecule has 0 bridgehead atoms. The molecular formula is C9H5I2MnNO. The standard InChI is InChI=1S/C9H5I2NO.Mn/c10-6-4-7(11)9(13)8-5(6)2-1-3-12-8;/h1-4,13H;. The Kier molecular flexibility index (Phi) is 4.42. The van der Waals surface area contributed by atoms with E-state index in [2.05, 4.69) is 50.2 Å². The van der Waals surface area contributed by atoms with Gasteiger partial charge in [-0.2, -0.15) is 0 Å². The van der Waals surface area contributed by atoms with Crippen LogP contribution in [0.2, 0.25) is 0 Å². The number of halogens is 2. The molecule has 2 rings (SSSR count). The molecule has 1 heterocycles. The maximum Gasteiger partial charge on any atom is 0.155 e. The van der Waals surface area contributed by atoms with Gasteiger partial charge < -0.3 is 5.11 Å². The summed E-state index contributed by atoms with van der Waals surface area (Å²) in [6, 6.07) is 5.77. The first kappa shape index (κ1) is 12.5. The number of pyridine rings is 1. The zero-order valence-corrected chi connectivity index (χ0v) is 12.3. The van der Waals surface area contributed by atoms with Gasteiger partial charge in [-0.15, -0.1) is 0 Å². The van der Waals surface area contributed by atoms with Crippen LogP contribution in [0.1, 0.15) is 0 Å². The molecule has 0 unspecified atom stereocenters. The van der Waals surface area contributed by atoms with Gasteiger partial charge in [0.2, 0.25) is 0 Å². The fraction of sp³-hybridized carbons (Fsp3) is 0. The Morgan fingerprint density at radius 1 is 1.21 bits per heavy atom. The van der Waals surface area contributed by atoms with Crippen molar-refractivity contribution < 1.29 is 22.2 Å². The predicted octanol–water partition coefficient (Wildman–Crippen LogP) is 3.15. The Balaban J connectivity index is 0.000000980. The monoisotopic (exact) mass is 452 g/mol. The SMILES string of the molecule is Oc1c(I)cc(I)c2cccnc12.[Mn]. The van der Waals surface area contributed by atoms with Gasteiger partial charge in [-0.3, -0.25) is 4.98 Å². The van der Waals surface area contributed by atoms with Gasteiger partial charge in [0.25, 0.3) is 0 Å². The molecule has 0 amide bonds. The maximum absolute atomic E-state index is 9.71. The molecule has 1 N–H and O–H groups in total. The minimum Gasteiger partial charge on any atom is -0.505 e. The zero-order chi connectivity index (χ0) is 9.42. The number of phenols is 1. The van der Waals surface area contributed by atoms with Crippen molar-refractivity contribution in [3.63, 3.8) is 0 Å². The number of hydrogen-bond donors (Lipinski definition) is 1. The second-order valence-electron chi connectivity index (χ2n) is 2.59. The molecule has 0 aliphatic rings. The van der Waals surface area contributed by atoms with E-state index in [0.29, 0.717) is 5.52 Å². The summed E-state index contributed by atoms with van der Waals surface area (Å²) in [7, 11) is 0. The topological polar surface area (TPSA) is 33.1 Å². The van der Waals surface area contributed by atoms with Crippen LogP contribution < -0.4 is 0 Å². The van der Waals surface area contributed by atoms with Gasteiger partial charge in [0.1, 0.15) is 5.52 Å². The van der Waals surface area contributed by atoms with E-state index < -0.39 is 0 Å². The van der Waals surface area contributed by atoms with E-state index in [0.717, 1.165) is 12.5 Å². The molecule has 1 radical (unpaired) electrons. The van der Waals surface area contributed by atoms with Crippen molar-refractivity contribution in [1.82, 2.24) is 4.98 Å². The number of aromatic nitrogens is 1. The van der Waals surface area contributed by atoms with E-state index >= 15 is 0 Å². The third-order valence-electron chi connectivity index (χ3n) is 1.77. The van der Waals surface area contributed by atoms with Crippen LogP contribution in [0.25, 0.3) is 10.9 Å². The van der Waals surface area contributed by atoms with Crippen LogP contribution in [0.3, 0.4) is 0 Å². The van der Waals surface area contributed by atoms with Crippen LogP contribution >= 0.6 is 45.2 Å². The molecule has 0 atom stereocenters. The van der Waals surface area contributed by atoms with E-state index in [1.807, 2.05) is 18.2 Å². The molecule has 5 heteroatoms. The van der Waals surface area contributed by atoms with Crippen molar-refractivity contribution in [1.29, 1.82) is 0 Å². The molecule has 14 heavy (non-hydrogen) atoms. The van der Waals surface area contributed by atoms with E-state index in [9.17, 15) is 5.11 Å². The smallest absolute Gasteiger partial charge is 0.155 e. The van der Waals surface area contributed by atoms with Gasteiger partial charge in [0, 0.05) is 32.2 Å². The quantitative estimate of drug-likeness (QED) is 0.493. The number of benzene rings is 1. The van der Waals surface area contributed by atoms with Crippen LogP contribution in [0.4, 0.5) is 0 Å². The number of nitrogens with zero attached hydrogens (tertiary/aromatic N) is 1. The van der Waals surface area contributed by atoms with Gasteiger partial charge in [-0.1, -0.05) is 6.07 Å². The summed E-state index contributed by atoms with van der Waals surface area (Å²) in [5.74, 6) is 0.275. The molecule has 1 aromatic carbocycles. The van der Waals surface area contributed by atoms with Crippen molar-refractivity contribution in [2.45, 2.75) is 0 Å². The van der Waals surface area contributed by atoms with Crippen LogP contribution in [0, 0.1) is 7.14 Å². The first-order valence-electron chi connectivity index (χ1n) is 3.62. The number of hydrogen-bond acceptors (Lipinski definition) is 2. The Hall–Kier alpha value is 0.409. The summed E-state index contributed by atoms with van der Waals surface area (Å²) < 4.78 is 1.95. The van der Waals surface area contributed by atoms with Crippen molar-refractivity contribution >= 4 is 56.1 Å². The molecule has 0 fully saturated rings. The van der Waals surface area contributed by atoms with Gasteiger partial charge >= 0.3 is 0 Å². The summed E-state index contributed by atoms with van der Waals surface area (Å²) in [5.41, 5.74) is 0.679. The fourth-order valence-electron chi connectivity index (χ4n) is 1.16. The number of rotatable bonds is 0. The second kappa shape index (κ2) is 4.96. The average Bonchev–Trinajstić information content (AvgIpc) is 2.15.